The Hall–Kier alpha value is -1.89. The number of thiophene rings is 1. The van der Waals surface area contributed by atoms with Crippen LogP contribution in [0.5, 0.6) is 5.75 Å². The van der Waals surface area contributed by atoms with Crippen LogP contribution in [-0.2, 0) is 13.0 Å². The fourth-order valence-electron chi connectivity index (χ4n) is 1.39. The minimum absolute atomic E-state index is 0.0704. The molecule has 0 aliphatic heterocycles. The molecule has 1 N–H and O–H groups in total. The monoisotopic (exact) mass is 268 g/mol. The fourth-order valence-corrected chi connectivity index (χ4v) is 2.27. The van der Waals surface area contributed by atoms with Crippen LogP contribution in [0.3, 0.4) is 0 Å². The van der Waals surface area contributed by atoms with Gasteiger partial charge in [0.25, 0.3) is 5.89 Å². The second kappa shape index (κ2) is 5.18. The van der Waals surface area contributed by atoms with Crippen LogP contribution in [0.15, 0.2) is 10.6 Å². The smallest absolute Gasteiger partial charge is 0.349 e. The summed E-state index contributed by atoms with van der Waals surface area (Å²) < 4.78 is 10.3. The molecular formula is C11H12N2O4S. The van der Waals surface area contributed by atoms with Gasteiger partial charge in [-0.15, -0.1) is 11.3 Å². The van der Waals surface area contributed by atoms with Crippen LogP contribution in [0.25, 0.3) is 0 Å². The molecule has 0 aromatic carbocycles. The summed E-state index contributed by atoms with van der Waals surface area (Å²) in [6, 6.07) is 1.73. The zero-order chi connectivity index (χ0) is 13.1. The molecule has 2 aromatic rings. The zero-order valence-electron chi connectivity index (χ0n) is 9.97. The number of aromatic nitrogens is 2. The summed E-state index contributed by atoms with van der Waals surface area (Å²) in [7, 11) is 0. The van der Waals surface area contributed by atoms with E-state index in [1.54, 1.807) is 13.0 Å². The van der Waals surface area contributed by atoms with Crippen molar-refractivity contribution in [1.29, 1.82) is 0 Å². The Balaban J connectivity index is 2.12. The highest BCUT2D eigenvalue weighted by atomic mass is 32.1. The Morgan fingerprint density at radius 1 is 1.61 bits per heavy atom. The molecule has 96 valence electrons. The summed E-state index contributed by atoms with van der Waals surface area (Å²) in [4.78, 5) is 16.2. The zero-order valence-corrected chi connectivity index (χ0v) is 10.8. The summed E-state index contributed by atoms with van der Waals surface area (Å²) in [5.41, 5.74) is 0. The second-order valence-electron chi connectivity index (χ2n) is 3.59. The first-order chi connectivity index (χ1) is 8.60. The fraction of sp³-hybridized carbons (Fsp3) is 0.364. The standard InChI is InChI=1S/C11H12N2O4S/c1-3-7-4-8(10(18-7)11(14)15)16-5-9-12-6(2)13-17-9/h4H,3,5H2,1-2H3,(H,14,15). The van der Waals surface area contributed by atoms with Crippen molar-refractivity contribution in [3.8, 4) is 5.75 Å². The Kier molecular flexibility index (Phi) is 3.61. The third kappa shape index (κ3) is 2.67. The molecular weight excluding hydrogens is 256 g/mol. The predicted molar refractivity (Wildman–Crippen MR) is 64.0 cm³/mol. The molecule has 0 spiro atoms. The number of carboxylic acids is 1. The summed E-state index contributed by atoms with van der Waals surface area (Å²) in [6.45, 7) is 3.74. The van der Waals surface area contributed by atoms with Gasteiger partial charge in [-0.05, 0) is 19.4 Å². The highest BCUT2D eigenvalue weighted by Crippen LogP contribution is 2.30. The molecule has 6 nitrogen and oxygen atoms in total. The van der Waals surface area contributed by atoms with E-state index < -0.39 is 5.97 Å². The number of aryl methyl sites for hydroxylation is 2. The van der Waals surface area contributed by atoms with Crippen molar-refractivity contribution >= 4 is 17.3 Å². The minimum atomic E-state index is -0.989. The van der Waals surface area contributed by atoms with Gasteiger partial charge in [0.15, 0.2) is 17.3 Å². The maximum Gasteiger partial charge on any atom is 0.349 e. The van der Waals surface area contributed by atoms with E-state index in [9.17, 15) is 4.79 Å². The Labute approximate surface area is 107 Å². The number of rotatable bonds is 5. The normalized spacial score (nSPS) is 10.6. The molecule has 0 aliphatic rings. The van der Waals surface area contributed by atoms with E-state index in [1.807, 2.05) is 6.92 Å². The Morgan fingerprint density at radius 2 is 2.39 bits per heavy atom. The van der Waals surface area contributed by atoms with Crippen molar-refractivity contribution in [3.63, 3.8) is 0 Å². The topological polar surface area (TPSA) is 85.5 Å². The number of carbonyl (C=O) groups is 1. The van der Waals surface area contributed by atoms with Gasteiger partial charge in [-0.2, -0.15) is 4.98 Å². The number of hydrogen-bond acceptors (Lipinski definition) is 6. The molecule has 2 heterocycles. The predicted octanol–water partition coefficient (Wildman–Crippen LogP) is 2.28. The number of carboxylic acid groups (broad SMARTS) is 1. The molecule has 0 saturated carbocycles. The van der Waals surface area contributed by atoms with Crippen LogP contribution in [-0.4, -0.2) is 21.2 Å². The van der Waals surface area contributed by atoms with Gasteiger partial charge >= 0.3 is 5.97 Å². The van der Waals surface area contributed by atoms with Crippen LogP contribution >= 0.6 is 11.3 Å². The number of ether oxygens (including phenoxy) is 1. The Bertz CT molecular complexity index is 561. The van der Waals surface area contributed by atoms with Crippen LogP contribution in [0, 0.1) is 6.92 Å². The molecule has 0 atom stereocenters. The SMILES string of the molecule is CCc1cc(OCc2nc(C)no2)c(C(=O)O)s1. The third-order valence-corrected chi connectivity index (χ3v) is 3.46. The van der Waals surface area contributed by atoms with Crippen molar-refractivity contribution < 1.29 is 19.2 Å². The molecule has 2 aromatic heterocycles. The molecule has 0 unspecified atom stereocenters. The van der Waals surface area contributed by atoms with Gasteiger partial charge in [-0.1, -0.05) is 12.1 Å². The maximum atomic E-state index is 11.0. The van der Waals surface area contributed by atoms with Crippen molar-refractivity contribution in [1.82, 2.24) is 10.1 Å². The van der Waals surface area contributed by atoms with E-state index in [-0.39, 0.29) is 11.5 Å². The van der Waals surface area contributed by atoms with Gasteiger partial charge in [0.2, 0.25) is 0 Å². The first-order valence-electron chi connectivity index (χ1n) is 5.38. The summed E-state index contributed by atoms with van der Waals surface area (Å²) >= 11 is 1.22. The largest absolute Gasteiger partial charge is 0.482 e. The van der Waals surface area contributed by atoms with Crippen LogP contribution < -0.4 is 4.74 Å². The highest BCUT2D eigenvalue weighted by molar-refractivity contribution is 7.14. The maximum absolute atomic E-state index is 11.0. The molecule has 7 heteroatoms. The lowest BCUT2D eigenvalue weighted by atomic mass is 10.3. The van der Waals surface area contributed by atoms with Gasteiger partial charge in [-0.25, -0.2) is 4.79 Å². The third-order valence-electron chi connectivity index (χ3n) is 2.21. The average Bonchev–Trinajstić information content (AvgIpc) is 2.92. The molecule has 0 fully saturated rings. The molecule has 0 bridgehead atoms. The first-order valence-corrected chi connectivity index (χ1v) is 6.19. The van der Waals surface area contributed by atoms with Crippen LogP contribution in [0.1, 0.15) is 33.2 Å². The lowest BCUT2D eigenvalue weighted by Crippen LogP contribution is -2.00. The molecule has 2 rings (SSSR count). The molecule has 0 radical (unpaired) electrons. The van der Waals surface area contributed by atoms with Gasteiger partial charge < -0.3 is 14.4 Å². The van der Waals surface area contributed by atoms with E-state index in [0.717, 1.165) is 11.3 Å². The van der Waals surface area contributed by atoms with E-state index >= 15 is 0 Å². The van der Waals surface area contributed by atoms with Gasteiger partial charge in [0.1, 0.15) is 5.75 Å². The minimum Gasteiger partial charge on any atom is -0.482 e. The van der Waals surface area contributed by atoms with E-state index in [0.29, 0.717) is 17.5 Å². The summed E-state index contributed by atoms with van der Waals surface area (Å²) in [5, 5.41) is 12.7. The van der Waals surface area contributed by atoms with E-state index in [4.69, 9.17) is 14.4 Å². The average molecular weight is 268 g/mol. The number of aromatic carboxylic acids is 1. The van der Waals surface area contributed by atoms with Gasteiger partial charge in [0, 0.05) is 4.88 Å². The van der Waals surface area contributed by atoms with Crippen LogP contribution in [0.4, 0.5) is 0 Å². The van der Waals surface area contributed by atoms with Crippen LogP contribution in [0.2, 0.25) is 0 Å². The first kappa shape index (κ1) is 12.6. The lowest BCUT2D eigenvalue weighted by Gasteiger charge is -2.00. The van der Waals surface area contributed by atoms with E-state index in [2.05, 4.69) is 10.1 Å². The molecule has 0 amide bonds. The summed E-state index contributed by atoms with van der Waals surface area (Å²) in [6.07, 6.45) is 0.772. The molecule has 0 aliphatic carbocycles. The lowest BCUT2D eigenvalue weighted by molar-refractivity contribution is 0.0697. The van der Waals surface area contributed by atoms with Crippen molar-refractivity contribution in [2.24, 2.45) is 0 Å². The molecule has 18 heavy (non-hydrogen) atoms. The van der Waals surface area contributed by atoms with Gasteiger partial charge in [-0.3, -0.25) is 0 Å². The molecule has 0 saturated heterocycles. The van der Waals surface area contributed by atoms with Crippen molar-refractivity contribution in [3.05, 3.63) is 27.5 Å². The van der Waals surface area contributed by atoms with Gasteiger partial charge in [0.05, 0.1) is 0 Å². The second-order valence-corrected chi connectivity index (χ2v) is 4.73. The van der Waals surface area contributed by atoms with E-state index in [1.165, 1.54) is 11.3 Å². The van der Waals surface area contributed by atoms with Crippen molar-refractivity contribution in [2.75, 3.05) is 0 Å². The number of hydrogen-bond donors (Lipinski definition) is 1. The summed E-state index contributed by atoms with van der Waals surface area (Å²) in [5.74, 6) is 0.205. The Morgan fingerprint density at radius 3 is 2.94 bits per heavy atom. The number of nitrogens with zero attached hydrogens (tertiary/aromatic N) is 2. The quantitative estimate of drug-likeness (QED) is 0.895. The van der Waals surface area contributed by atoms with Crippen molar-refractivity contribution in [2.45, 2.75) is 26.9 Å². The highest BCUT2D eigenvalue weighted by Gasteiger charge is 2.17.